The van der Waals surface area contributed by atoms with Gasteiger partial charge in [-0.2, -0.15) is 8.78 Å². The fraction of sp³-hybridized carbons (Fsp3) is 0.409. The normalized spacial score (nSPS) is 10.5. The lowest BCUT2D eigenvalue weighted by molar-refractivity contribution is -0.121. The van der Waals surface area contributed by atoms with Crippen LogP contribution >= 0.6 is 0 Å². The van der Waals surface area contributed by atoms with Gasteiger partial charge in [-0.1, -0.05) is 6.07 Å². The Balaban J connectivity index is 1.89. The summed E-state index contributed by atoms with van der Waals surface area (Å²) in [5, 5.41) is 2.82. The van der Waals surface area contributed by atoms with Crippen molar-refractivity contribution in [2.45, 2.75) is 25.9 Å². The van der Waals surface area contributed by atoms with Crippen LogP contribution in [-0.2, 0) is 17.6 Å². The first-order valence-electron chi connectivity index (χ1n) is 9.59. The number of rotatable bonds is 12. The summed E-state index contributed by atoms with van der Waals surface area (Å²) in [6.45, 7) is -2.59. The van der Waals surface area contributed by atoms with E-state index >= 15 is 0 Å². The van der Waals surface area contributed by atoms with E-state index in [0.717, 1.165) is 11.1 Å². The molecule has 7 nitrogen and oxygen atoms in total. The fourth-order valence-corrected chi connectivity index (χ4v) is 3.04. The molecule has 0 radical (unpaired) electrons. The number of benzene rings is 2. The third-order valence-electron chi connectivity index (χ3n) is 4.55. The molecule has 0 fully saturated rings. The summed E-state index contributed by atoms with van der Waals surface area (Å²) in [4.78, 5) is 12.2. The smallest absolute Gasteiger partial charge is 0.387 e. The minimum absolute atomic E-state index is 0.0382. The minimum Gasteiger partial charge on any atom is -0.493 e. The van der Waals surface area contributed by atoms with Crippen molar-refractivity contribution in [2.75, 3.05) is 35.0 Å². The van der Waals surface area contributed by atoms with Crippen molar-refractivity contribution in [1.29, 1.82) is 0 Å². The molecule has 0 saturated carbocycles. The molecule has 0 aromatic heterocycles. The maximum absolute atomic E-state index is 12.5. The molecule has 0 heterocycles. The molecule has 1 amide bonds. The zero-order valence-corrected chi connectivity index (χ0v) is 18.0. The number of amides is 1. The Kier molecular flexibility index (Phi) is 9.17. The van der Waals surface area contributed by atoms with Crippen LogP contribution in [0.25, 0.3) is 0 Å². The quantitative estimate of drug-likeness (QED) is 0.545. The van der Waals surface area contributed by atoms with Crippen molar-refractivity contribution < 1.29 is 37.3 Å². The van der Waals surface area contributed by atoms with Crippen LogP contribution < -0.4 is 29.0 Å². The van der Waals surface area contributed by atoms with E-state index < -0.39 is 6.61 Å². The van der Waals surface area contributed by atoms with Crippen LogP contribution in [0.3, 0.4) is 0 Å². The number of halogens is 2. The Bertz CT molecular complexity index is 850. The third-order valence-corrected chi connectivity index (χ3v) is 4.55. The standard InChI is InChI=1S/C22H27F2NO6/c1-27-16-7-5-14(11-17(16)31-22(23)24)9-10-25-20(26)8-6-15-12-18(28-2)21(30-4)19(13-15)29-3/h5,7,11-13,22H,6,8-10H2,1-4H3,(H,25,26). The molecule has 1 N–H and O–H groups in total. The van der Waals surface area contributed by atoms with Gasteiger partial charge in [-0.05, 0) is 48.2 Å². The summed E-state index contributed by atoms with van der Waals surface area (Å²) in [5.41, 5.74) is 1.61. The van der Waals surface area contributed by atoms with Gasteiger partial charge in [-0.15, -0.1) is 0 Å². The van der Waals surface area contributed by atoms with Gasteiger partial charge in [-0.25, -0.2) is 0 Å². The molecule has 0 aliphatic heterocycles. The van der Waals surface area contributed by atoms with Crippen molar-refractivity contribution in [3.63, 3.8) is 0 Å². The molecule has 0 saturated heterocycles. The maximum atomic E-state index is 12.5. The monoisotopic (exact) mass is 439 g/mol. The Hall–Kier alpha value is -3.23. The van der Waals surface area contributed by atoms with E-state index in [-0.39, 0.29) is 23.8 Å². The zero-order chi connectivity index (χ0) is 22.8. The van der Waals surface area contributed by atoms with Crippen molar-refractivity contribution in [2.24, 2.45) is 0 Å². The van der Waals surface area contributed by atoms with Crippen LogP contribution in [0.2, 0.25) is 0 Å². The second-order valence-electron chi connectivity index (χ2n) is 6.50. The molecule has 0 bridgehead atoms. The summed E-state index contributed by atoms with van der Waals surface area (Å²) in [5.74, 6) is 1.60. The molecule has 0 spiro atoms. The van der Waals surface area contributed by atoms with Crippen LogP contribution in [0.5, 0.6) is 28.7 Å². The van der Waals surface area contributed by atoms with Gasteiger partial charge < -0.3 is 29.0 Å². The van der Waals surface area contributed by atoms with E-state index in [9.17, 15) is 13.6 Å². The molecule has 2 aromatic carbocycles. The van der Waals surface area contributed by atoms with Crippen LogP contribution in [0.15, 0.2) is 30.3 Å². The number of methoxy groups -OCH3 is 4. The van der Waals surface area contributed by atoms with Gasteiger partial charge in [0.05, 0.1) is 28.4 Å². The highest BCUT2D eigenvalue weighted by molar-refractivity contribution is 5.76. The summed E-state index contributed by atoms with van der Waals surface area (Å²) in [6, 6.07) is 8.37. The molecular weight excluding hydrogens is 412 g/mol. The topological polar surface area (TPSA) is 75.3 Å². The summed E-state index contributed by atoms with van der Waals surface area (Å²) in [7, 11) is 5.97. The Morgan fingerprint density at radius 2 is 1.45 bits per heavy atom. The van der Waals surface area contributed by atoms with Gasteiger partial charge in [0.25, 0.3) is 0 Å². The first-order chi connectivity index (χ1) is 14.9. The van der Waals surface area contributed by atoms with Gasteiger partial charge in [0.1, 0.15) is 0 Å². The average molecular weight is 439 g/mol. The summed E-state index contributed by atoms with van der Waals surface area (Å²) >= 11 is 0. The minimum atomic E-state index is -2.95. The largest absolute Gasteiger partial charge is 0.493 e. The van der Waals surface area contributed by atoms with E-state index in [2.05, 4.69) is 10.1 Å². The van der Waals surface area contributed by atoms with Gasteiger partial charge in [0.2, 0.25) is 11.7 Å². The highest BCUT2D eigenvalue weighted by Crippen LogP contribution is 2.38. The Morgan fingerprint density at radius 1 is 0.839 bits per heavy atom. The number of carbonyl (C=O) groups is 1. The van der Waals surface area contributed by atoms with E-state index in [1.165, 1.54) is 34.5 Å². The lowest BCUT2D eigenvalue weighted by Gasteiger charge is -2.14. The molecule has 2 aromatic rings. The second kappa shape index (κ2) is 11.8. The zero-order valence-electron chi connectivity index (χ0n) is 18.0. The number of hydrogen-bond acceptors (Lipinski definition) is 6. The highest BCUT2D eigenvalue weighted by Gasteiger charge is 2.14. The molecule has 170 valence electrons. The first kappa shape index (κ1) is 24.0. The number of nitrogens with one attached hydrogen (secondary N) is 1. The molecule has 2 rings (SSSR count). The second-order valence-corrected chi connectivity index (χ2v) is 6.50. The predicted molar refractivity (Wildman–Crippen MR) is 111 cm³/mol. The van der Waals surface area contributed by atoms with E-state index in [0.29, 0.717) is 36.6 Å². The maximum Gasteiger partial charge on any atom is 0.387 e. The fourth-order valence-electron chi connectivity index (χ4n) is 3.04. The lowest BCUT2D eigenvalue weighted by atomic mass is 10.1. The van der Waals surface area contributed by atoms with Gasteiger partial charge in [0.15, 0.2) is 23.0 Å². The molecule has 0 aliphatic rings. The molecular formula is C22H27F2NO6. The number of carbonyl (C=O) groups excluding carboxylic acids is 1. The lowest BCUT2D eigenvalue weighted by Crippen LogP contribution is -2.25. The number of ether oxygens (including phenoxy) is 5. The van der Waals surface area contributed by atoms with Crippen molar-refractivity contribution >= 4 is 5.91 Å². The van der Waals surface area contributed by atoms with Crippen molar-refractivity contribution in [1.82, 2.24) is 5.32 Å². The Morgan fingerprint density at radius 3 is 2.00 bits per heavy atom. The summed E-state index contributed by atoms with van der Waals surface area (Å²) in [6.07, 6.45) is 1.21. The SMILES string of the molecule is COc1ccc(CCNC(=O)CCc2cc(OC)c(OC)c(OC)c2)cc1OC(F)F. The van der Waals surface area contributed by atoms with E-state index in [4.69, 9.17) is 18.9 Å². The highest BCUT2D eigenvalue weighted by atomic mass is 19.3. The molecule has 31 heavy (non-hydrogen) atoms. The van der Waals surface area contributed by atoms with Gasteiger partial charge >= 0.3 is 6.61 Å². The molecule has 0 unspecified atom stereocenters. The average Bonchev–Trinajstić information content (AvgIpc) is 2.76. The number of aryl methyl sites for hydroxylation is 1. The van der Waals surface area contributed by atoms with E-state index in [1.54, 1.807) is 24.3 Å². The molecule has 0 aliphatic carbocycles. The third kappa shape index (κ3) is 6.91. The Labute approximate surface area is 180 Å². The van der Waals surface area contributed by atoms with Crippen LogP contribution in [0, 0.1) is 0 Å². The first-order valence-corrected chi connectivity index (χ1v) is 9.59. The molecule has 0 atom stereocenters. The number of alkyl halides is 2. The number of hydrogen-bond donors (Lipinski definition) is 1. The van der Waals surface area contributed by atoms with Crippen molar-refractivity contribution in [3.05, 3.63) is 41.5 Å². The van der Waals surface area contributed by atoms with Crippen LogP contribution in [0.4, 0.5) is 8.78 Å². The predicted octanol–water partition coefficient (Wildman–Crippen LogP) is 3.61. The summed E-state index contributed by atoms with van der Waals surface area (Å²) < 4.78 is 50.5. The van der Waals surface area contributed by atoms with Crippen LogP contribution in [-0.4, -0.2) is 47.5 Å². The van der Waals surface area contributed by atoms with Crippen LogP contribution in [0.1, 0.15) is 17.5 Å². The molecule has 9 heteroatoms. The van der Waals surface area contributed by atoms with Gasteiger partial charge in [0, 0.05) is 13.0 Å². The van der Waals surface area contributed by atoms with E-state index in [1.807, 2.05) is 0 Å². The van der Waals surface area contributed by atoms with Crippen molar-refractivity contribution in [3.8, 4) is 28.7 Å². The van der Waals surface area contributed by atoms with Gasteiger partial charge in [-0.3, -0.25) is 4.79 Å².